The molecule has 1 unspecified atom stereocenters. The van der Waals surface area contributed by atoms with Crippen molar-refractivity contribution in [3.63, 3.8) is 0 Å². The van der Waals surface area contributed by atoms with Crippen LogP contribution in [0.4, 0.5) is 13.6 Å². The van der Waals surface area contributed by atoms with Gasteiger partial charge in [-0.15, -0.1) is 0 Å². The van der Waals surface area contributed by atoms with Gasteiger partial charge in [-0.1, -0.05) is 6.08 Å². The summed E-state index contributed by atoms with van der Waals surface area (Å²) in [7, 11) is 0. The van der Waals surface area contributed by atoms with E-state index < -0.39 is 37.0 Å². The van der Waals surface area contributed by atoms with Gasteiger partial charge < -0.3 is 9.84 Å². The van der Waals surface area contributed by atoms with E-state index in [0.717, 1.165) is 12.2 Å². The molecule has 1 amide bonds. The van der Waals surface area contributed by atoms with Gasteiger partial charge in [0.2, 0.25) is 0 Å². The third-order valence-electron chi connectivity index (χ3n) is 2.30. The van der Waals surface area contributed by atoms with Crippen molar-refractivity contribution in [2.75, 3.05) is 13.2 Å². The molecule has 1 atom stereocenters. The molecule has 5 nitrogen and oxygen atoms in total. The molecule has 0 aromatic heterocycles. The van der Waals surface area contributed by atoms with Crippen LogP contribution < -0.4 is 0 Å². The molecule has 0 bridgehead atoms. The first-order valence-corrected chi connectivity index (χ1v) is 5.08. The number of hydrogen-bond donors (Lipinski definition) is 1. The first-order chi connectivity index (χ1) is 7.85. The van der Waals surface area contributed by atoms with Crippen LogP contribution in [0.5, 0.6) is 0 Å². The zero-order chi connectivity index (χ0) is 13.1. The van der Waals surface area contributed by atoms with Crippen molar-refractivity contribution in [2.45, 2.75) is 25.3 Å². The summed E-state index contributed by atoms with van der Waals surface area (Å²) >= 11 is 0. The van der Waals surface area contributed by atoms with E-state index in [0.29, 0.717) is 4.90 Å². The summed E-state index contributed by atoms with van der Waals surface area (Å²) in [6.45, 7) is 0.936. The molecule has 0 aromatic rings. The lowest BCUT2D eigenvalue weighted by molar-refractivity contribution is -0.137. The summed E-state index contributed by atoms with van der Waals surface area (Å²) in [5.41, 5.74) is 0. The highest BCUT2D eigenvalue weighted by Gasteiger charge is 2.46. The predicted octanol–water partition coefficient (Wildman–Crippen LogP) is 1.49. The number of alkyl halides is 2. The van der Waals surface area contributed by atoms with E-state index in [1.165, 1.54) is 0 Å². The molecule has 96 valence electrons. The van der Waals surface area contributed by atoms with Crippen molar-refractivity contribution in [3.8, 4) is 0 Å². The van der Waals surface area contributed by atoms with Crippen molar-refractivity contribution in [3.05, 3.63) is 12.2 Å². The molecule has 1 rings (SSSR count). The molecule has 0 spiro atoms. The largest absolute Gasteiger partial charge is 0.465 e. The molecule has 1 aliphatic heterocycles. The molecule has 1 fully saturated rings. The number of carboxylic acid groups (broad SMARTS) is 1. The van der Waals surface area contributed by atoms with Crippen molar-refractivity contribution >= 4 is 12.1 Å². The Balaban J connectivity index is 2.68. The number of likely N-dealkylation sites (tertiary alicyclic amines) is 1. The van der Waals surface area contributed by atoms with Gasteiger partial charge in [-0.05, 0) is 6.92 Å². The summed E-state index contributed by atoms with van der Waals surface area (Å²) in [5, 5.41) is 8.73. The number of amides is 1. The van der Waals surface area contributed by atoms with Gasteiger partial charge in [0, 0.05) is 12.5 Å². The maximum Gasteiger partial charge on any atom is 0.408 e. The lowest BCUT2D eigenvalue weighted by Crippen LogP contribution is -2.34. The lowest BCUT2D eigenvalue weighted by Gasteiger charge is -2.16. The minimum absolute atomic E-state index is 0.173. The van der Waals surface area contributed by atoms with Crippen LogP contribution in [0.25, 0.3) is 0 Å². The fourth-order valence-corrected chi connectivity index (χ4v) is 1.61. The number of esters is 1. The van der Waals surface area contributed by atoms with Crippen molar-refractivity contribution in [1.29, 1.82) is 0 Å². The summed E-state index contributed by atoms with van der Waals surface area (Å²) in [6.07, 6.45) is 0.0639. The van der Waals surface area contributed by atoms with E-state index in [1.807, 2.05) is 0 Å². The zero-order valence-corrected chi connectivity index (χ0v) is 9.23. The van der Waals surface area contributed by atoms with Crippen LogP contribution in [-0.2, 0) is 9.53 Å². The van der Waals surface area contributed by atoms with E-state index in [1.54, 1.807) is 6.92 Å². The third kappa shape index (κ3) is 3.69. The SMILES string of the molecule is CCOC(=O)C=CC1CC(F)(F)CN1C(=O)O. The number of carbonyl (C=O) groups is 2. The molecule has 0 aliphatic carbocycles. The van der Waals surface area contributed by atoms with Crippen molar-refractivity contribution in [1.82, 2.24) is 4.90 Å². The fraction of sp³-hybridized carbons (Fsp3) is 0.600. The molecule has 17 heavy (non-hydrogen) atoms. The Morgan fingerprint density at radius 3 is 2.76 bits per heavy atom. The van der Waals surface area contributed by atoms with Gasteiger partial charge in [0.15, 0.2) is 0 Å². The van der Waals surface area contributed by atoms with E-state index in [9.17, 15) is 18.4 Å². The van der Waals surface area contributed by atoms with Crippen LogP contribution in [-0.4, -0.2) is 47.2 Å². The minimum Gasteiger partial charge on any atom is -0.465 e. The summed E-state index contributed by atoms with van der Waals surface area (Å²) in [5.74, 6) is -3.73. The Morgan fingerprint density at radius 2 is 2.24 bits per heavy atom. The molecule has 0 saturated carbocycles. The van der Waals surface area contributed by atoms with Crippen LogP contribution in [0, 0.1) is 0 Å². The number of halogens is 2. The van der Waals surface area contributed by atoms with Gasteiger partial charge in [0.1, 0.15) is 0 Å². The van der Waals surface area contributed by atoms with Crippen LogP contribution in [0.15, 0.2) is 12.2 Å². The summed E-state index contributed by atoms with van der Waals surface area (Å²) in [6, 6.07) is -0.994. The van der Waals surface area contributed by atoms with Gasteiger partial charge in [0.25, 0.3) is 5.92 Å². The molecule has 1 N–H and O–H groups in total. The van der Waals surface area contributed by atoms with E-state index in [2.05, 4.69) is 4.74 Å². The molecule has 7 heteroatoms. The Labute approximate surface area is 96.7 Å². The lowest BCUT2D eigenvalue weighted by atomic mass is 10.2. The summed E-state index contributed by atoms with van der Waals surface area (Å²) < 4.78 is 30.6. The highest BCUT2D eigenvalue weighted by molar-refractivity contribution is 5.82. The number of nitrogens with zero attached hydrogens (tertiary/aromatic N) is 1. The van der Waals surface area contributed by atoms with Crippen molar-refractivity contribution in [2.24, 2.45) is 0 Å². The van der Waals surface area contributed by atoms with Crippen LogP contribution >= 0.6 is 0 Å². The van der Waals surface area contributed by atoms with Gasteiger partial charge in [-0.3, -0.25) is 4.90 Å². The fourth-order valence-electron chi connectivity index (χ4n) is 1.61. The number of carbonyl (C=O) groups excluding carboxylic acids is 1. The molecule has 0 aromatic carbocycles. The van der Waals surface area contributed by atoms with E-state index in [-0.39, 0.29) is 6.61 Å². The molecule has 1 heterocycles. The van der Waals surface area contributed by atoms with Gasteiger partial charge in [0.05, 0.1) is 19.2 Å². The average Bonchev–Trinajstić information content (AvgIpc) is 2.51. The van der Waals surface area contributed by atoms with Gasteiger partial charge in [-0.2, -0.15) is 0 Å². The van der Waals surface area contributed by atoms with Gasteiger partial charge in [-0.25, -0.2) is 18.4 Å². The van der Waals surface area contributed by atoms with Crippen LogP contribution in [0.2, 0.25) is 0 Å². The first-order valence-electron chi connectivity index (χ1n) is 5.08. The smallest absolute Gasteiger partial charge is 0.408 e. The Bertz CT molecular complexity index is 343. The van der Waals surface area contributed by atoms with E-state index in [4.69, 9.17) is 5.11 Å². The second kappa shape index (κ2) is 5.11. The second-order valence-corrected chi connectivity index (χ2v) is 3.65. The third-order valence-corrected chi connectivity index (χ3v) is 2.30. The molecular weight excluding hydrogens is 236 g/mol. The predicted molar refractivity (Wildman–Crippen MR) is 53.9 cm³/mol. The molecule has 1 saturated heterocycles. The highest BCUT2D eigenvalue weighted by Crippen LogP contribution is 2.32. The topological polar surface area (TPSA) is 66.8 Å². The number of ether oxygens (including phenoxy) is 1. The minimum atomic E-state index is -3.05. The Morgan fingerprint density at radius 1 is 1.59 bits per heavy atom. The standard InChI is InChI=1S/C10H13F2NO4/c1-2-17-8(14)4-3-7-5-10(11,12)6-13(7)9(15)16/h3-4,7H,2,5-6H2,1H3,(H,15,16). The summed E-state index contributed by atoms with van der Waals surface area (Å²) in [4.78, 5) is 22.3. The average molecular weight is 249 g/mol. The second-order valence-electron chi connectivity index (χ2n) is 3.65. The first kappa shape index (κ1) is 13.4. The maximum atomic E-state index is 13.0. The number of hydrogen-bond acceptors (Lipinski definition) is 3. The number of rotatable bonds is 3. The molecule has 1 aliphatic rings. The molecule has 0 radical (unpaired) electrons. The monoisotopic (exact) mass is 249 g/mol. The zero-order valence-electron chi connectivity index (χ0n) is 9.23. The Hall–Kier alpha value is -1.66. The van der Waals surface area contributed by atoms with Crippen molar-refractivity contribution < 1.29 is 28.2 Å². The van der Waals surface area contributed by atoms with Gasteiger partial charge >= 0.3 is 12.1 Å². The molecular formula is C10H13F2NO4. The normalized spacial score (nSPS) is 23.0. The Kier molecular flexibility index (Phi) is 4.03. The quantitative estimate of drug-likeness (QED) is 0.608. The van der Waals surface area contributed by atoms with Crippen LogP contribution in [0.3, 0.4) is 0 Å². The van der Waals surface area contributed by atoms with Crippen LogP contribution in [0.1, 0.15) is 13.3 Å². The maximum absolute atomic E-state index is 13.0. The highest BCUT2D eigenvalue weighted by atomic mass is 19.3. The van der Waals surface area contributed by atoms with E-state index >= 15 is 0 Å².